The van der Waals surface area contributed by atoms with E-state index in [9.17, 15) is 9.59 Å². The van der Waals surface area contributed by atoms with Crippen LogP contribution in [0.25, 0.3) is 10.8 Å². The molecule has 3 aromatic heterocycles. The molecule has 0 saturated heterocycles. The first kappa shape index (κ1) is 18.1. The van der Waals surface area contributed by atoms with Crippen LogP contribution in [-0.2, 0) is 24.3 Å². The number of carbonyl (C=O) groups excluding carboxylic acids is 1. The second kappa shape index (κ2) is 8.14. The van der Waals surface area contributed by atoms with Crippen LogP contribution >= 0.6 is 11.3 Å². The molecular weight excluding hydrogens is 372 g/mol. The molecule has 1 N–H and O–H groups in total. The van der Waals surface area contributed by atoms with Crippen molar-refractivity contribution in [1.82, 2.24) is 20.1 Å². The van der Waals surface area contributed by atoms with Crippen LogP contribution in [0.5, 0.6) is 0 Å². The minimum Gasteiger partial charge on any atom is -0.350 e. The summed E-state index contributed by atoms with van der Waals surface area (Å²) in [6, 6.07) is 16.7. The Bertz CT molecular complexity index is 1150. The molecule has 140 valence electrons. The molecule has 0 aliphatic rings. The summed E-state index contributed by atoms with van der Waals surface area (Å²) in [5.41, 5.74) is 1.24. The highest BCUT2D eigenvalue weighted by Gasteiger charge is 2.12. The van der Waals surface area contributed by atoms with E-state index in [0.717, 1.165) is 16.0 Å². The summed E-state index contributed by atoms with van der Waals surface area (Å²) in [4.78, 5) is 30.4. The van der Waals surface area contributed by atoms with E-state index in [-0.39, 0.29) is 24.6 Å². The molecule has 3 heterocycles. The van der Waals surface area contributed by atoms with Crippen molar-refractivity contribution in [2.45, 2.75) is 19.5 Å². The number of rotatable bonds is 6. The highest BCUT2D eigenvalue weighted by atomic mass is 32.1. The Labute approximate surface area is 165 Å². The molecule has 1 aromatic carbocycles. The fraction of sp³-hybridized carbons (Fsp3) is 0.143. The molecule has 0 bridgehead atoms. The molecule has 4 rings (SSSR count). The van der Waals surface area contributed by atoms with Gasteiger partial charge in [-0.05, 0) is 29.6 Å². The maximum atomic E-state index is 12.8. The number of carbonyl (C=O) groups is 1. The van der Waals surface area contributed by atoms with Gasteiger partial charge in [0.15, 0.2) is 0 Å². The van der Waals surface area contributed by atoms with Crippen molar-refractivity contribution in [3.05, 3.63) is 92.8 Å². The van der Waals surface area contributed by atoms with Gasteiger partial charge < -0.3 is 5.32 Å². The Morgan fingerprint density at radius 1 is 1.04 bits per heavy atom. The van der Waals surface area contributed by atoms with Crippen LogP contribution in [0.4, 0.5) is 0 Å². The lowest BCUT2D eigenvalue weighted by Gasteiger charge is -2.11. The van der Waals surface area contributed by atoms with Crippen molar-refractivity contribution in [3.63, 3.8) is 0 Å². The van der Waals surface area contributed by atoms with E-state index in [2.05, 4.69) is 15.4 Å². The molecule has 0 spiro atoms. The van der Waals surface area contributed by atoms with Crippen molar-refractivity contribution in [2.24, 2.45) is 0 Å². The lowest BCUT2D eigenvalue weighted by atomic mass is 10.1. The van der Waals surface area contributed by atoms with Crippen LogP contribution < -0.4 is 10.9 Å². The van der Waals surface area contributed by atoms with Gasteiger partial charge in [0, 0.05) is 16.5 Å². The second-order valence-electron chi connectivity index (χ2n) is 6.31. The van der Waals surface area contributed by atoms with Gasteiger partial charge in [0.05, 0.1) is 36.3 Å². The van der Waals surface area contributed by atoms with Crippen molar-refractivity contribution in [2.75, 3.05) is 0 Å². The zero-order valence-corrected chi connectivity index (χ0v) is 15.9. The molecule has 6 nitrogen and oxygen atoms in total. The summed E-state index contributed by atoms with van der Waals surface area (Å²) >= 11 is 1.55. The van der Waals surface area contributed by atoms with Crippen LogP contribution in [0.1, 0.15) is 16.3 Å². The highest BCUT2D eigenvalue weighted by molar-refractivity contribution is 7.10. The first-order valence-electron chi connectivity index (χ1n) is 8.88. The Morgan fingerprint density at radius 3 is 2.61 bits per heavy atom. The van der Waals surface area contributed by atoms with Crippen LogP contribution in [0, 0.1) is 0 Å². The summed E-state index contributed by atoms with van der Waals surface area (Å²) < 4.78 is 1.41. The number of hydrogen-bond donors (Lipinski definition) is 1. The van der Waals surface area contributed by atoms with E-state index in [1.165, 1.54) is 4.68 Å². The molecular formula is C21H18N4O2S. The zero-order valence-electron chi connectivity index (χ0n) is 15.0. The monoisotopic (exact) mass is 390 g/mol. The second-order valence-corrected chi connectivity index (χ2v) is 7.34. The molecule has 28 heavy (non-hydrogen) atoms. The SMILES string of the molecule is O=C(Cc1cccs1)NCc1nn(Cc2ccccn2)c(=O)c2ccccc12. The van der Waals surface area contributed by atoms with Gasteiger partial charge in [-0.15, -0.1) is 11.3 Å². The van der Waals surface area contributed by atoms with E-state index in [1.807, 2.05) is 53.9 Å². The zero-order chi connectivity index (χ0) is 19.3. The van der Waals surface area contributed by atoms with Gasteiger partial charge >= 0.3 is 0 Å². The molecule has 1 amide bonds. The number of benzene rings is 1. The molecule has 0 aliphatic carbocycles. The van der Waals surface area contributed by atoms with E-state index in [4.69, 9.17) is 0 Å². The Morgan fingerprint density at radius 2 is 1.86 bits per heavy atom. The van der Waals surface area contributed by atoms with Gasteiger partial charge in [0.25, 0.3) is 5.56 Å². The number of thiophene rings is 1. The lowest BCUT2D eigenvalue weighted by molar-refractivity contribution is -0.120. The van der Waals surface area contributed by atoms with Crippen molar-refractivity contribution in [1.29, 1.82) is 0 Å². The van der Waals surface area contributed by atoms with E-state index in [0.29, 0.717) is 17.5 Å². The average molecular weight is 390 g/mol. The predicted molar refractivity (Wildman–Crippen MR) is 109 cm³/mol. The largest absolute Gasteiger partial charge is 0.350 e. The molecule has 0 saturated carbocycles. The maximum absolute atomic E-state index is 12.8. The predicted octanol–water partition coefficient (Wildman–Crippen LogP) is 2.76. The summed E-state index contributed by atoms with van der Waals surface area (Å²) in [7, 11) is 0. The average Bonchev–Trinajstić information content (AvgIpc) is 3.23. The summed E-state index contributed by atoms with van der Waals surface area (Å²) in [6.07, 6.45) is 2.02. The highest BCUT2D eigenvalue weighted by Crippen LogP contribution is 2.14. The van der Waals surface area contributed by atoms with Crippen molar-refractivity contribution in [3.8, 4) is 0 Å². The van der Waals surface area contributed by atoms with Crippen LogP contribution in [0.2, 0.25) is 0 Å². The van der Waals surface area contributed by atoms with Gasteiger partial charge in [-0.3, -0.25) is 14.6 Å². The van der Waals surface area contributed by atoms with Gasteiger partial charge in [0.1, 0.15) is 0 Å². The van der Waals surface area contributed by atoms with Crippen LogP contribution in [0.3, 0.4) is 0 Å². The van der Waals surface area contributed by atoms with Crippen molar-refractivity contribution < 1.29 is 4.79 Å². The fourth-order valence-corrected chi connectivity index (χ4v) is 3.71. The maximum Gasteiger partial charge on any atom is 0.275 e. The van der Waals surface area contributed by atoms with Crippen LogP contribution in [-0.4, -0.2) is 20.7 Å². The smallest absolute Gasteiger partial charge is 0.275 e. The first-order chi connectivity index (χ1) is 13.7. The molecule has 4 aromatic rings. The molecule has 0 atom stereocenters. The molecule has 0 radical (unpaired) electrons. The number of amides is 1. The third-order valence-corrected chi connectivity index (χ3v) is 5.23. The quantitative estimate of drug-likeness (QED) is 0.549. The number of fused-ring (bicyclic) bond motifs is 1. The number of nitrogens with zero attached hydrogens (tertiary/aromatic N) is 3. The number of hydrogen-bond acceptors (Lipinski definition) is 5. The summed E-state index contributed by atoms with van der Waals surface area (Å²) in [5, 5.41) is 10.7. The molecule has 0 aliphatic heterocycles. The van der Waals surface area contributed by atoms with E-state index in [1.54, 1.807) is 23.6 Å². The third kappa shape index (κ3) is 3.99. The number of pyridine rings is 1. The van der Waals surface area contributed by atoms with E-state index >= 15 is 0 Å². The first-order valence-corrected chi connectivity index (χ1v) is 9.76. The summed E-state index contributed by atoms with van der Waals surface area (Å²) in [6.45, 7) is 0.536. The standard InChI is InChI=1S/C21H18N4O2S/c26-20(12-16-7-5-11-28-16)23-13-19-17-8-1-2-9-18(17)21(27)25(24-19)14-15-6-3-4-10-22-15/h1-11H,12-14H2,(H,23,26). The summed E-state index contributed by atoms with van der Waals surface area (Å²) in [5.74, 6) is -0.0733. The Balaban J connectivity index is 1.62. The molecule has 0 unspecified atom stereocenters. The number of aromatic nitrogens is 3. The minimum absolute atomic E-state index is 0.0733. The normalized spacial score (nSPS) is 10.9. The molecule has 7 heteroatoms. The minimum atomic E-state index is -0.171. The van der Waals surface area contributed by atoms with Gasteiger partial charge in [-0.25, -0.2) is 4.68 Å². The fourth-order valence-electron chi connectivity index (χ4n) is 3.00. The van der Waals surface area contributed by atoms with E-state index < -0.39 is 0 Å². The number of nitrogens with one attached hydrogen (secondary N) is 1. The van der Waals surface area contributed by atoms with Crippen LogP contribution in [0.15, 0.2) is 71.0 Å². The molecule has 0 fully saturated rings. The Hall–Kier alpha value is -3.32. The van der Waals surface area contributed by atoms with Gasteiger partial charge in [-0.2, -0.15) is 5.10 Å². The van der Waals surface area contributed by atoms with Gasteiger partial charge in [0.2, 0.25) is 5.91 Å². The topological polar surface area (TPSA) is 76.9 Å². The lowest BCUT2D eigenvalue weighted by Crippen LogP contribution is -2.29. The third-order valence-electron chi connectivity index (χ3n) is 4.35. The van der Waals surface area contributed by atoms with Gasteiger partial charge in [-0.1, -0.05) is 30.3 Å². The van der Waals surface area contributed by atoms with Crippen molar-refractivity contribution >= 4 is 28.0 Å². The Kier molecular flexibility index (Phi) is 5.25.